The van der Waals surface area contributed by atoms with Crippen LogP contribution >= 0.6 is 11.8 Å². The van der Waals surface area contributed by atoms with E-state index in [4.69, 9.17) is 13.9 Å². The first-order valence-corrected chi connectivity index (χ1v) is 9.21. The Bertz CT molecular complexity index is 1020. The van der Waals surface area contributed by atoms with E-state index in [1.807, 2.05) is 0 Å². The summed E-state index contributed by atoms with van der Waals surface area (Å²) in [5.41, 5.74) is 0.865. The van der Waals surface area contributed by atoms with Gasteiger partial charge in [0.15, 0.2) is 0 Å². The van der Waals surface area contributed by atoms with Crippen LogP contribution in [0, 0.1) is 10.1 Å². The fourth-order valence-corrected chi connectivity index (χ4v) is 2.90. The van der Waals surface area contributed by atoms with E-state index in [0.717, 1.165) is 11.8 Å². The van der Waals surface area contributed by atoms with Crippen LogP contribution < -0.4 is 14.8 Å². The van der Waals surface area contributed by atoms with Crippen molar-refractivity contribution in [2.24, 2.45) is 0 Å². The molecule has 0 aliphatic rings. The molecule has 3 rings (SSSR count). The predicted molar refractivity (Wildman–Crippen MR) is 105 cm³/mol. The van der Waals surface area contributed by atoms with Crippen LogP contribution in [-0.4, -0.2) is 41.0 Å². The number of thioether (sulfide) groups is 1. The van der Waals surface area contributed by atoms with Crippen LogP contribution in [-0.2, 0) is 4.79 Å². The Morgan fingerprint density at radius 3 is 2.55 bits per heavy atom. The molecule has 0 saturated carbocycles. The molecule has 10 nitrogen and oxygen atoms in total. The smallest absolute Gasteiger partial charge is 0.277 e. The molecule has 29 heavy (non-hydrogen) atoms. The number of carbonyl (C=O) groups excluding carboxylic acids is 1. The number of nitro benzene ring substituents is 1. The Labute approximate surface area is 169 Å². The zero-order valence-electron chi connectivity index (χ0n) is 15.4. The van der Waals surface area contributed by atoms with Crippen molar-refractivity contribution in [3.8, 4) is 23.0 Å². The molecule has 0 atom stereocenters. The standard InChI is InChI=1S/C18H16N4O6S/c1-26-14-7-12(8-15(9-14)27-2)19-16(23)10-29-18-21-20-17(28-18)11-4-3-5-13(6-11)22(24)25/h3-9H,10H2,1-2H3,(H,19,23). The van der Waals surface area contributed by atoms with Crippen molar-refractivity contribution in [1.29, 1.82) is 0 Å². The topological polar surface area (TPSA) is 130 Å². The molecule has 1 amide bonds. The number of anilines is 1. The van der Waals surface area contributed by atoms with E-state index < -0.39 is 4.92 Å². The highest BCUT2D eigenvalue weighted by Gasteiger charge is 2.14. The third-order valence-corrected chi connectivity index (χ3v) is 4.49. The zero-order chi connectivity index (χ0) is 20.8. The molecule has 0 spiro atoms. The number of rotatable bonds is 8. The minimum Gasteiger partial charge on any atom is -0.497 e. The number of benzene rings is 2. The van der Waals surface area contributed by atoms with Crippen LogP contribution in [0.5, 0.6) is 11.5 Å². The molecule has 0 radical (unpaired) electrons. The van der Waals surface area contributed by atoms with Crippen molar-refractivity contribution in [1.82, 2.24) is 10.2 Å². The molecule has 0 aliphatic heterocycles. The summed E-state index contributed by atoms with van der Waals surface area (Å²) >= 11 is 1.04. The van der Waals surface area contributed by atoms with Crippen LogP contribution in [0.1, 0.15) is 0 Å². The lowest BCUT2D eigenvalue weighted by atomic mass is 10.2. The van der Waals surface area contributed by atoms with E-state index in [9.17, 15) is 14.9 Å². The van der Waals surface area contributed by atoms with Gasteiger partial charge in [0.2, 0.25) is 11.8 Å². The van der Waals surface area contributed by atoms with Gasteiger partial charge in [-0.25, -0.2) is 0 Å². The summed E-state index contributed by atoms with van der Waals surface area (Å²) < 4.78 is 15.8. The number of ether oxygens (including phenoxy) is 2. The largest absolute Gasteiger partial charge is 0.497 e. The summed E-state index contributed by atoms with van der Waals surface area (Å²) in [6, 6.07) is 10.9. The summed E-state index contributed by atoms with van der Waals surface area (Å²) in [6.07, 6.45) is 0. The lowest BCUT2D eigenvalue weighted by molar-refractivity contribution is -0.384. The molecule has 1 aromatic heterocycles. The van der Waals surface area contributed by atoms with Crippen LogP contribution in [0.4, 0.5) is 11.4 Å². The van der Waals surface area contributed by atoms with Gasteiger partial charge < -0.3 is 19.2 Å². The molecule has 3 aromatic rings. The summed E-state index contributed by atoms with van der Waals surface area (Å²) in [7, 11) is 3.04. The normalized spacial score (nSPS) is 10.4. The summed E-state index contributed by atoms with van der Waals surface area (Å²) in [4.78, 5) is 22.6. The average Bonchev–Trinajstić information content (AvgIpc) is 3.21. The van der Waals surface area contributed by atoms with E-state index >= 15 is 0 Å². The molecule has 0 fully saturated rings. The SMILES string of the molecule is COc1cc(NC(=O)CSc2nnc(-c3cccc([N+](=O)[O-])c3)o2)cc(OC)c1. The van der Waals surface area contributed by atoms with E-state index in [1.165, 1.54) is 32.4 Å². The Balaban J connectivity index is 1.62. The predicted octanol–water partition coefficient (Wildman–Crippen LogP) is 3.39. The molecule has 150 valence electrons. The van der Waals surface area contributed by atoms with Gasteiger partial charge in [0.25, 0.3) is 10.9 Å². The van der Waals surface area contributed by atoms with Gasteiger partial charge in [-0.3, -0.25) is 14.9 Å². The summed E-state index contributed by atoms with van der Waals surface area (Å²) in [6.45, 7) is 0. The van der Waals surface area contributed by atoms with Crippen LogP contribution in [0.15, 0.2) is 52.1 Å². The van der Waals surface area contributed by atoms with Crippen molar-refractivity contribution in [2.75, 3.05) is 25.3 Å². The molecule has 1 heterocycles. The molecule has 11 heteroatoms. The number of amides is 1. The number of nitrogens with one attached hydrogen (secondary N) is 1. The summed E-state index contributed by atoms with van der Waals surface area (Å²) in [5, 5.41) is 21.5. The molecule has 0 aliphatic carbocycles. The van der Waals surface area contributed by atoms with Gasteiger partial charge in [-0.2, -0.15) is 0 Å². The van der Waals surface area contributed by atoms with Crippen molar-refractivity contribution in [2.45, 2.75) is 5.22 Å². The van der Waals surface area contributed by atoms with Crippen molar-refractivity contribution in [3.63, 3.8) is 0 Å². The minimum absolute atomic E-state index is 0.0239. The Morgan fingerprint density at radius 1 is 1.17 bits per heavy atom. The monoisotopic (exact) mass is 416 g/mol. The van der Waals surface area contributed by atoms with Crippen LogP contribution in [0.3, 0.4) is 0 Å². The lowest BCUT2D eigenvalue weighted by Gasteiger charge is -2.09. The third kappa shape index (κ3) is 5.23. The second-order valence-electron chi connectivity index (χ2n) is 5.62. The number of non-ortho nitro benzene ring substituents is 1. The first-order chi connectivity index (χ1) is 14.0. The molecular weight excluding hydrogens is 400 g/mol. The van der Waals surface area contributed by atoms with Gasteiger partial charge in [0.05, 0.1) is 24.9 Å². The van der Waals surface area contributed by atoms with Gasteiger partial charge in [-0.15, -0.1) is 10.2 Å². The second kappa shape index (κ2) is 9.06. The van der Waals surface area contributed by atoms with Crippen molar-refractivity contribution >= 4 is 29.0 Å². The Morgan fingerprint density at radius 2 is 1.90 bits per heavy atom. The average molecular weight is 416 g/mol. The highest BCUT2D eigenvalue weighted by Crippen LogP contribution is 2.27. The molecular formula is C18H16N4O6S. The molecule has 0 unspecified atom stereocenters. The number of nitro groups is 1. The minimum atomic E-state index is -0.507. The number of hydrogen-bond donors (Lipinski definition) is 1. The fraction of sp³-hybridized carbons (Fsp3) is 0.167. The number of carbonyl (C=O) groups is 1. The molecule has 0 bridgehead atoms. The van der Waals surface area contributed by atoms with E-state index in [0.29, 0.717) is 22.7 Å². The highest BCUT2D eigenvalue weighted by molar-refractivity contribution is 7.99. The zero-order valence-corrected chi connectivity index (χ0v) is 16.3. The second-order valence-corrected chi connectivity index (χ2v) is 6.55. The lowest BCUT2D eigenvalue weighted by Crippen LogP contribution is -2.14. The third-order valence-electron chi connectivity index (χ3n) is 3.67. The fourth-order valence-electron chi connectivity index (χ4n) is 2.34. The maximum absolute atomic E-state index is 12.2. The first kappa shape index (κ1) is 20.1. The van der Waals surface area contributed by atoms with E-state index in [-0.39, 0.29) is 28.5 Å². The van der Waals surface area contributed by atoms with Gasteiger partial charge in [0, 0.05) is 41.6 Å². The van der Waals surface area contributed by atoms with Crippen LogP contribution in [0.25, 0.3) is 11.5 Å². The maximum atomic E-state index is 12.2. The summed E-state index contributed by atoms with van der Waals surface area (Å²) in [5.74, 6) is 0.960. The van der Waals surface area contributed by atoms with E-state index in [2.05, 4.69) is 15.5 Å². The molecule has 0 saturated heterocycles. The van der Waals surface area contributed by atoms with Gasteiger partial charge in [0.1, 0.15) is 11.5 Å². The Hall–Kier alpha value is -3.60. The quantitative estimate of drug-likeness (QED) is 0.333. The number of nitrogens with zero attached hydrogens (tertiary/aromatic N) is 3. The van der Waals surface area contributed by atoms with Gasteiger partial charge in [-0.1, -0.05) is 17.8 Å². The van der Waals surface area contributed by atoms with E-state index in [1.54, 1.807) is 24.3 Å². The van der Waals surface area contributed by atoms with Crippen molar-refractivity contribution < 1.29 is 23.6 Å². The van der Waals surface area contributed by atoms with Crippen LogP contribution in [0.2, 0.25) is 0 Å². The number of hydrogen-bond acceptors (Lipinski definition) is 9. The van der Waals surface area contributed by atoms with Gasteiger partial charge >= 0.3 is 0 Å². The van der Waals surface area contributed by atoms with Gasteiger partial charge in [-0.05, 0) is 6.07 Å². The first-order valence-electron chi connectivity index (χ1n) is 8.22. The maximum Gasteiger partial charge on any atom is 0.277 e. The molecule has 1 N–H and O–H groups in total. The highest BCUT2D eigenvalue weighted by atomic mass is 32.2. The molecule has 2 aromatic carbocycles. The number of aromatic nitrogens is 2. The van der Waals surface area contributed by atoms with Crippen molar-refractivity contribution in [3.05, 3.63) is 52.6 Å². The number of methoxy groups -OCH3 is 2. The Kier molecular flexibility index (Phi) is 6.29.